The maximum atomic E-state index is 13.4. The molecule has 1 amide bonds. The van der Waals surface area contributed by atoms with Crippen molar-refractivity contribution in [3.05, 3.63) is 35.6 Å². The highest BCUT2D eigenvalue weighted by atomic mass is 35.5. The Kier molecular flexibility index (Phi) is 7.19. The fourth-order valence-corrected chi connectivity index (χ4v) is 3.64. The van der Waals surface area contributed by atoms with Crippen molar-refractivity contribution in [3.63, 3.8) is 0 Å². The number of nitrogens with one attached hydrogen (secondary N) is 1. The summed E-state index contributed by atoms with van der Waals surface area (Å²) in [6.07, 6.45) is 2.09. The highest BCUT2D eigenvalue weighted by Crippen LogP contribution is 2.26. The predicted molar refractivity (Wildman–Crippen MR) is 95.3 cm³/mol. The molecule has 5 nitrogen and oxygen atoms in total. The molecule has 2 heterocycles. The number of piperidine rings is 1. The molecule has 2 aliphatic heterocycles. The Balaban J connectivity index is 0.00000225. The van der Waals surface area contributed by atoms with Crippen molar-refractivity contribution in [1.29, 1.82) is 0 Å². The molecular formula is C18H26ClFN2O3. The normalized spacial score (nSPS) is 24.6. The number of benzene rings is 1. The zero-order valence-electron chi connectivity index (χ0n) is 14.2. The van der Waals surface area contributed by atoms with Gasteiger partial charge in [-0.1, -0.05) is 12.1 Å². The van der Waals surface area contributed by atoms with Gasteiger partial charge in [0.15, 0.2) is 0 Å². The SMILES string of the molecule is Cl.O=C(C1CCNCC1)N1CCOC(CO)(Cc2cccc(F)c2)C1. The van der Waals surface area contributed by atoms with Crippen LogP contribution in [0.15, 0.2) is 24.3 Å². The van der Waals surface area contributed by atoms with Crippen LogP contribution >= 0.6 is 12.4 Å². The van der Waals surface area contributed by atoms with Gasteiger partial charge in [-0.2, -0.15) is 0 Å². The van der Waals surface area contributed by atoms with E-state index in [2.05, 4.69) is 5.32 Å². The number of ether oxygens (including phenoxy) is 1. The minimum Gasteiger partial charge on any atom is -0.393 e. The van der Waals surface area contributed by atoms with Gasteiger partial charge in [0.1, 0.15) is 11.4 Å². The quantitative estimate of drug-likeness (QED) is 0.838. The number of hydrogen-bond donors (Lipinski definition) is 2. The molecule has 7 heteroatoms. The Morgan fingerprint density at radius 1 is 1.40 bits per heavy atom. The van der Waals surface area contributed by atoms with Crippen LogP contribution < -0.4 is 5.32 Å². The minimum absolute atomic E-state index is 0. The monoisotopic (exact) mass is 372 g/mol. The molecule has 0 aliphatic carbocycles. The lowest BCUT2D eigenvalue weighted by Crippen LogP contribution is -2.58. The third-order valence-corrected chi connectivity index (χ3v) is 4.95. The van der Waals surface area contributed by atoms with Crippen molar-refractivity contribution in [2.75, 3.05) is 39.4 Å². The van der Waals surface area contributed by atoms with Gasteiger partial charge in [-0.3, -0.25) is 4.79 Å². The van der Waals surface area contributed by atoms with Crippen LogP contribution in [0.4, 0.5) is 4.39 Å². The molecule has 140 valence electrons. The number of carbonyl (C=O) groups excluding carboxylic acids is 1. The number of amides is 1. The lowest BCUT2D eigenvalue weighted by molar-refractivity contribution is -0.161. The molecule has 25 heavy (non-hydrogen) atoms. The molecule has 1 unspecified atom stereocenters. The van der Waals surface area contributed by atoms with Gasteiger partial charge in [0.2, 0.25) is 5.91 Å². The molecule has 0 bridgehead atoms. The number of rotatable bonds is 4. The predicted octanol–water partition coefficient (Wildman–Crippen LogP) is 1.38. The first-order chi connectivity index (χ1) is 11.6. The highest BCUT2D eigenvalue weighted by Gasteiger charge is 2.39. The Bertz CT molecular complexity index is 583. The second-order valence-corrected chi connectivity index (χ2v) is 6.78. The average molecular weight is 373 g/mol. The molecule has 3 rings (SSSR count). The second-order valence-electron chi connectivity index (χ2n) is 6.78. The van der Waals surface area contributed by atoms with Gasteiger partial charge in [-0.25, -0.2) is 4.39 Å². The largest absolute Gasteiger partial charge is 0.393 e. The molecule has 0 spiro atoms. The van der Waals surface area contributed by atoms with E-state index in [1.807, 2.05) is 11.0 Å². The van der Waals surface area contributed by atoms with Gasteiger partial charge < -0.3 is 20.1 Å². The number of hydrogen-bond acceptors (Lipinski definition) is 4. The number of morpholine rings is 1. The van der Waals surface area contributed by atoms with Crippen LogP contribution in [0.3, 0.4) is 0 Å². The van der Waals surface area contributed by atoms with Gasteiger partial charge in [-0.05, 0) is 43.6 Å². The first kappa shape index (κ1) is 20.1. The number of aliphatic hydroxyl groups excluding tert-OH is 1. The van der Waals surface area contributed by atoms with Gasteiger partial charge in [0, 0.05) is 18.9 Å². The van der Waals surface area contributed by atoms with E-state index in [0.29, 0.717) is 26.1 Å². The maximum Gasteiger partial charge on any atom is 0.225 e. The summed E-state index contributed by atoms with van der Waals surface area (Å²) in [7, 11) is 0. The van der Waals surface area contributed by atoms with Crippen LogP contribution in [0.5, 0.6) is 0 Å². The zero-order valence-corrected chi connectivity index (χ0v) is 15.1. The molecule has 2 N–H and O–H groups in total. The molecule has 1 aromatic rings. The topological polar surface area (TPSA) is 61.8 Å². The first-order valence-electron chi connectivity index (χ1n) is 8.61. The van der Waals surface area contributed by atoms with Crippen molar-refractivity contribution in [2.24, 2.45) is 5.92 Å². The Morgan fingerprint density at radius 3 is 2.84 bits per heavy atom. The Hall–Kier alpha value is -1.21. The molecule has 0 aromatic heterocycles. The lowest BCUT2D eigenvalue weighted by atomic mass is 9.91. The van der Waals surface area contributed by atoms with Crippen LogP contribution in [-0.4, -0.2) is 60.9 Å². The van der Waals surface area contributed by atoms with Gasteiger partial charge in [-0.15, -0.1) is 12.4 Å². The summed E-state index contributed by atoms with van der Waals surface area (Å²) >= 11 is 0. The van der Waals surface area contributed by atoms with Crippen molar-refractivity contribution >= 4 is 18.3 Å². The highest BCUT2D eigenvalue weighted by molar-refractivity contribution is 5.85. The van der Waals surface area contributed by atoms with Crippen LogP contribution in [0.25, 0.3) is 0 Å². The Labute approximate surface area is 153 Å². The summed E-state index contributed by atoms with van der Waals surface area (Å²) < 4.78 is 19.3. The van der Waals surface area contributed by atoms with Gasteiger partial charge in [0.05, 0.1) is 19.8 Å². The fraction of sp³-hybridized carbons (Fsp3) is 0.611. The molecule has 2 fully saturated rings. The smallest absolute Gasteiger partial charge is 0.225 e. The number of aliphatic hydroxyl groups is 1. The van der Waals surface area contributed by atoms with E-state index >= 15 is 0 Å². The first-order valence-corrected chi connectivity index (χ1v) is 8.61. The average Bonchev–Trinajstić information content (AvgIpc) is 2.62. The van der Waals surface area contributed by atoms with E-state index in [-0.39, 0.29) is 36.7 Å². The summed E-state index contributed by atoms with van der Waals surface area (Å²) in [4.78, 5) is 14.6. The number of nitrogens with zero attached hydrogens (tertiary/aromatic N) is 1. The van der Waals surface area contributed by atoms with E-state index in [1.54, 1.807) is 6.07 Å². The van der Waals surface area contributed by atoms with E-state index < -0.39 is 5.60 Å². The van der Waals surface area contributed by atoms with Crippen LogP contribution in [0.2, 0.25) is 0 Å². The molecule has 2 saturated heterocycles. The molecule has 2 aliphatic rings. The standard InChI is InChI=1S/C18H25FN2O3.ClH/c19-16-3-1-2-14(10-16)11-18(13-22)12-21(8-9-24-18)17(23)15-4-6-20-7-5-15;/h1-3,10,15,20,22H,4-9,11-13H2;1H. The van der Waals surface area contributed by atoms with Crippen molar-refractivity contribution in [3.8, 4) is 0 Å². The summed E-state index contributed by atoms with van der Waals surface area (Å²) in [5, 5.41) is 13.2. The third-order valence-electron chi connectivity index (χ3n) is 4.95. The van der Waals surface area contributed by atoms with Gasteiger partial charge in [0.25, 0.3) is 0 Å². The van der Waals surface area contributed by atoms with Crippen LogP contribution in [0.1, 0.15) is 18.4 Å². The van der Waals surface area contributed by atoms with Crippen molar-refractivity contribution in [1.82, 2.24) is 10.2 Å². The van der Waals surface area contributed by atoms with Crippen LogP contribution in [0, 0.1) is 11.7 Å². The molecule has 1 aromatic carbocycles. The molecule has 1 atom stereocenters. The van der Waals surface area contributed by atoms with Gasteiger partial charge >= 0.3 is 0 Å². The van der Waals surface area contributed by atoms with Crippen molar-refractivity contribution in [2.45, 2.75) is 24.9 Å². The molecular weight excluding hydrogens is 347 g/mol. The summed E-state index contributed by atoms with van der Waals surface area (Å²) in [5.74, 6) is -0.106. The molecule has 0 saturated carbocycles. The Morgan fingerprint density at radius 2 is 2.16 bits per heavy atom. The lowest BCUT2D eigenvalue weighted by Gasteiger charge is -2.43. The van der Waals surface area contributed by atoms with E-state index in [4.69, 9.17) is 4.74 Å². The van der Waals surface area contributed by atoms with Crippen LogP contribution in [-0.2, 0) is 16.0 Å². The summed E-state index contributed by atoms with van der Waals surface area (Å²) in [5.41, 5.74) is -0.0885. The zero-order chi connectivity index (χ0) is 17.0. The number of carbonyl (C=O) groups is 1. The summed E-state index contributed by atoms with van der Waals surface area (Å²) in [6.45, 7) is 2.84. The number of halogens is 2. The molecule has 0 radical (unpaired) electrons. The maximum absolute atomic E-state index is 13.4. The summed E-state index contributed by atoms with van der Waals surface area (Å²) in [6, 6.07) is 6.31. The van der Waals surface area contributed by atoms with E-state index in [9.17, 15) is 14.3 Å². The van der Waals surface area contributed by atoms with E-state index in [1.165, 1.54) is 12.1 Å². The third kappa shape index (κ3) is 4.91. The van der Waals surface area contributed by atoms with E-state index in [0.717, 1.165) is 31.5 Å². The second kappa shape index (κ2) is 8.94. The fourth-order valence-electron chi connectivity index (χ4n) is 3.64. The van der Waals surface area contributed by atoms with Crippen molar-refractivity contribution < 1.29 is 19.0 Å². The minimum atomic E-state index is -0.853.